The van der Waals surface area contributed by atoms with E-state index in [2.05, 4.69) is 13.8 Å². The van der Waals surface area contributed by atoms with Crippen molar-refractivity contribution in [1.82, 2.24) is 0 Å². The van der Waals surface area contributed by atoms with Crippen molar-refractivity contribution in [3.63, 3.8) is 0 Å². The van der Waals surface area contributed by atoms with Crippen LogP contribution < -0.4 is 0 Å². The van der Waals surface area contributed by atoms with E-state index in [4.69, 9.17) is 4.74 Å². The van der Waals surface area contributed by atoms with Gasteiger partial charge in [-0.05, 0) is 61.8 Å². The Morgan fingerprint density at radius 3 is 2.42 bits per heavy atom. The second kappa shape index (κ2) is 5.72. The highest BCUT2D eigenvalue weighted by Crippen LogP contribution is 2.30. The Labute approximate surface area is 114 Å². The molecule has 0 amide bonds. The van der Waals surface area contributed by atoms with Gasteiger partial charge in [0.1, 0.15) is 11.9 Å². The van der Waals surface area contributed by atoms with E-state index in [0.717, 1.165) is 12.8 Å². The molecule has 1 aliphatic rings. The van der Waals surface area contributed by atoms with Gasteiger partial charge in [0.15, 0.2) is 0 Å². The summed E-state index contributed by atoms with van der Waals surface area (Å²) in [4.78, 5) is 12.0. The first kappa shape index (κ1) is 14.0. The highest BCUT2D eigenvalue weighted by Gasteiger charge is 2.27. The van der Waals surface area contributed by atoms with Gasteiger partial charge >= 0.3 is 5.97 Å². The fourth-order valence-electron chi connectivity index (χ4n) is 2.96. The van der Waals surface area contributed by atoms with Crippen LogP contribution in [0.2, 0.25) is 0 Å². The van der Waals surface area contributed by atoms with Crippen LogP contribution in [0.3, 0.4) is 0 Å². The maximum Gasteiger partial charge on any atom is 0.338 e. The molecule has 2 unspecified atom stereocenters. The molecule has 104 valence electrons. The van der Waals surface area contributed by atoms with Crippen molar-refractivity contribution in [3.8, 4) is 0 Å². The number of hydrogen-bond donors (Lipinski definition) is 0. The molecule has 2 nitrogen and oxygen atoms in total. The summed E-state index contributed by atoms with van der Waals surface area (Å²) in [5, 5.41) is 0. The number of aryl methyl sites for hydroxylation is 1. The number of ether oxygens (including phenoxy) is 1. The molecule has 1 aliphatic carbocycles. The molecule has 2 rings (SSSR count). The summed E-state index contributed by atoms with van der Waals surface area (Å²) in [6.45, 7) is 6.04. The van der Waals surface area contributed by atoms with Gasteiger partial charge in [-0.2, -0.15) is 0 Å². The van der Waals surface area contributed by atoms with E-state index in [9.17, 15) is 9.18 Å². The van der Waals surface area contributed by atoms with Gasteiger partial charge in [-0.15, -0.1) is 0 Å². The normalized spacial score (nSPS) is 27.1. The van der Waals surface area contributed by atoms with Crippen molar-refractivity contribution in [3.05, 3.63) is 35.1 Å². The third-order valence-electron chi connectivity index (χ3n) is 3.80. The highest BCUT2D eigenvalue weighted by molar-refractivity contribution is 5.89. The molecule has 2 atom stereocenters. The van der Waals surface area contributed by atoms with Gasteiger partial charge < -0.3 is 4.74 Å². The molecule has 3 heteroatoms. The monoisotopic (exact) mass is 264 g/mol. The molecular formula is C16H21FO2. The quantitative estimate of drug-likeness (QED) is 0.751. The molecule has 1 aromatic rings. The molecule has 0 bridgehead atoms. The summed E-state index contributed by atoms with van der Waals surface area (Å²) >= 11 is 0. The van der Waals surface area contributed by atoms with E-state index < -0.39 is 0 Å². The SMILES string of the molecule is Cc1cc(C(=O)OC2CC(C)CC(C)C2)ccc1F. The van der Waals surface area contributed by atoms with Crippen LogP contribution in [0.4, 0.5) is 4.39 Å². The number of rotatable bonds is 2. The van der Waals surface area contributed by atoms with Crippen LogP contribution in [0.1, 0.15) is 49.0 Å². The number of halogens is 1. The minimum atomic E-state index is -0.339. The lowest BCUT2D eigenvalue weighted by molar-refractivity contribution is 0.00804. The highest BCUT2D eigenvalue weighted by atomic mass is 19.1. The average Bonchev–Trinajstić information content (AvgIpc) is 2.31. The van der Waals surface area contributed by atoms with Crippen LogP contribution in [-0.4, -0.2) is 12.1 Å². The second-order valence-corrected chi connectivity index (χ2v) is 5.91. The van der Waals surface area contributed by atoms with Gasteiger partial charge in [0.2, 0.25) is 0 Å². The summed E-state index contributed by atoms with van der Waals surface area (Å²) in [5.74, 6) is 0.555. The Bertz CT molecular complexity index is 460. The standard InChI is InChI=1S/C16H21FO2/c1-10-6-11(2)8-14(7-10)19-16(18)13-4-5-15(17)12(3)9-13/h4-5,9-11,14H,6-8H2,1-3H3. The molecule has 1 aromatic carbocycles. The topological polar surface area (TPSA) is 26.3 Å². The third-order valence-corrected chi connectivity index (χ3v) is 3.80. The third kappa shape index (κ3) is 3.55. The van der Waals surface area contributed by atoms with Crippen LogP contribution in [0, 0.1) is 24.6 Å². The molecule has 0 heterocycles. The molecular weight excluding hydrogens is 243 g/mol. The number of esters is 1. The van der Waals surface area contributed by atoms with Crippen LogP contribution in [0.15, 0.2) is 18.2 Å². The van der Waals surface area contributed by atoms with E-state index in [-0.39, 0.29) is 17.9 Å². The largest absolute Gasteiger partial charge is 0.459 e. The fourth-order valence-corrected chi connectivity index (χ4v) is 2.96. The van der Waals surface area contributed by atoms with Gasteiger partial charge in [0.05, 0.1) is 5.56 Å². The number of carbonyl (C=O) groups excluding carboxylic acids is 1. The predicted octanol–water partition coefficient (Wildman–Crippen LogP) is 4.12. The fraction of sp³-hybridized carbons (Fsp3) is 0.562. The van der Waals surface area contributed by atoms with Crippen molar-refractivity contribution in [2.75, 3.05) is 0 Å². The Hall–Kier alpha value is -1.38. The Kier molecular flexibility index (Phi) is 4.23. The zero-order valence-corrected chi connectivity index (χ0v) is 11.8. The number of carbonyl (C=O) groups is 1. The first-order chi connectivity index (χ1) is 8.95. The average molecular weight is 264 g/mol. The summed E-state index contributed by atoms with van der Waals surface area (Å²) in [6.07, 6.45) is 3.05. The second-order valence-electron chi connectivity index (χ2n) is 5.91. The lowest BCUT2D eigenvalue weighted by Gasteiger charge is -2.31. The van der Waals surface area contributed by atoms with Crippen molar-refractivity contribution >= 4 is 5.97 Å². The van der Waals surface area contributed by atoms with Crippen LogP contribution in [0.25, 0.3) is 0 Å². The molecule has 0 spiro atoms. The van der Waals surface area contributed by atoms with Crippen LogP contribution in [0.5, 0.6) is 0 Å². The minimum absolute atomic E-state index is 0.00314. The number of benzene rings is 1. The Balaban J connectivity index is 2.02. The first-order valence-electron chi connectivity index (χ1n) is 6.93. The Morgan fingerprint density at radius 1 is 1.21 bits per heavy atom. The number of hydrogen-bond acceptors (Lipinski definition) is 2. The molecule has 0 saturated heterocycles. The first-order valence-corrected chi connectivity index (χ1v) is 6.93. The van der Waals surface area contributed by atoms with E-state index in [0.29, 0.717) is 23.0 Å². The van der Waals surface area contributed by atoms with Gasteiger partial charge in [0, 0.05) is 0 Å². The van der Waals surface area contributed by atoms with Gasteiger partial charge in [-0.3, -0.25) is 0 Å². The van der Waals surface area contributed by atoms with Crippen molar-refractivity contribution in [2.45, 2.75) is 46.1 Å². The lowest BCUT2D eigenvalue weighted by Crippen LogP contribution is -2.28. The molecule has 0 radical (unpaired) electrons. The smallest absolute Gasteiger partial charge is 0.338 e. The van der Waals surface area contributed by atoms with Crippen molar-refractivity contribution in [1.29, 1.82) is 0 Å². The zero-order chi connectivity index (χ0) is 14.0. The van der Waals surface area contributed by atoms with E-state index in [1.165, 1.54) is 18.6 Å². The van der Waals surface area contributed by atoms with Gasteiger partial charge in [0.25, 0.3) is 0 Å². The minimum Gasteiger partial charge on any atom is -0.459 e. The van der Waals surface area contributed by atoms with E-state index in [1.54, 1.807) is 13.0 Å². The van der Waals surface area contributed by atoms with Crippen molar-refractivity contribution < 1.29 is 13.9 Å². The van der Waals surface area contributed by atoms with Crippen LogP contribution >= 0.6 is 0 Å². The maximum atomic E-state index is 13.2. The van der Waals surface area contributed by atoms with Crippen molar-refractivity contribution in [2.24, 2.45) is 11.8 Å². The summed E-state index contributed by atoms with van der Waals surface area (Å²) in [6, 6.07) is 4.35. The van der Waals surface area contributed by atoms with E-state index in [1.807, 2.05) is 0 Å². The molecule has 1 fully saturated rings. The molecule has 0 N–H and O–H groups in total. The van der Waals surface area contributed by atoms with Crippen LogP contribution in [-0.2, 0) is 4.74 Å². The Morgan fingerprint density at radius 2 is 1.84 bits per heavy atom. The predicted molar refractivity (Wildman–Crippen MR) is 72.5 cm³/mol. The lowest BCUT2D eigenvalue weighted by atomic mass is 9.82. The molecule has 19 heavy (non-hydrogen) atoms. The summed E-state index contributed by atoms with van der Waals surface area (Å²) in [7, 11) is 0. The summed E-state index contributed by atoms with van der Waals surface area (Å²) in [5.41, 5.74) is 0.907. The maximum absolute atomic E-state index is 13.2. The van der Waals surface area contributed by atoms with Gasteiger partial charge in [-0.25, -0.2) is 9.18 Å². The van der Waals surface area contributed by atoms with E-state index >= 15 is 0 Å². The summed E-state index contributed by atoms with van der Waals surface area (Å²) < 4.78 is 18.7. The van der Waals surface area contributed by atoms with Gasteiger partial charge in [-0.1, -0.05) is 13.8 Å². The molecule has 0 aromatic heterocycles. The molecule has 1 saturated carbocycles. The zero-order valence-electron chi connectivity index (χ0n) is 11.8. The molecule has 0 aliphatic heterocycles.